The molecule has 6 rings (SSSR count). The van der Waals surface area contributed by atoms with Crippen molar-refractivity contribution in [1.82, 2.24) is 20.4 Å². The fourth-order valence-electron chi connectivity index (χ4n) is 7.90. The van der Waals surface area contributed by atoms with Gasteiger partial charge in [0.15, 0.2) is 10.5 Å². The summed E-state index contributed by atoms with van der Waals surface area (Å²) in [6.07, 6.45) is 3.69. The van der Waals surface area contributed by atoms with Crippen LogP contribution in [0.4, 0.5) is 17.1 Å². The van der Waals surface area contributed by atoms with Crippen molar-refractivity contribution in [2.45, 2.75) is 48.3 Å². The molecule has 23 nitrogen and oxygen atoms in total. The Morgan fingerprint density at radius 2 is 1.16 bits per heavy atom. The van der Waals surface area contributed by atoms with Crippen LogP contribution >= 0.6 is 12.2 Å². The van der Waals surface area contributed by atoms with Gasteiger partial charge in [0.25, 0.3) is 20.2 Å². The molecule has 10 N–H and O–H groups in total. The van der Waals surface area contributed by atoms with Gasteiger partial charge in [0.2, 0.25) is 17.7 Å². The molecule has 26 heteroatoms. The minimum atomic E-state index is -4.49. The third-order valence-corrected chi connectivity index (χ3v) is 13.5. The number of amides is 3. The number of anilines is 3. The van der Waals surface area contributed by atoms with Crippen molar-refractivity contribution >= 4 is 95.3 Å². The van der Waals surface area contributed by atoms with Gasteiger partial charge in [0.1, 0.15) is 17.1 Å². The number of nitrogens with zero attached hydrogens (tertiary/aromatic N) is 2. The van der Waals surface area contributed by atoms with Gasteiger partial charge < -0.3 is 46.3 Å². The molecule has 76 heavy (non-hydrogen) atoms. The quantitative estimate of drug-likeness (QED) is 0.0111. The van der Waals surface area contributed by atoms with Gasteiger partial charge in [-0.05, 0) is 116 Å². The largest absolute Gasteiger partial charge is 0.508 e. The number of carbonyl (C=O) groups excluding carboxylic acids is 3. The summed E-state index contributed by atoms with van der Waals surface area (Å²) in [6.45, 7) is -1.12. The summed E-state index contributed by atoms with van der Waals surface area (Å²) in [4.78, 5) is 77.5. The Hall–Kier alpha value is -7.85. The molecule has 1 aliphatic carbocycles. The van der Waals surface area contributed by atoms with Crippen LogP contribution in [0.15, 0.2) is 122 Å². The zero-order valence-corrected chi connectivity index (χ0v) is 42.8. The highest BCUT2D eigenvalue weighted by molar-refractivity contribution is 7.86. The SMILES string of the molecule is O=C(O)CN(CCN(CNC(=O)CCCCCCCNC(=S)Nc1ccc(-c2c3ccc(=O)cc-3oc3cc(O)ccc23)c(C(=O)O)c1)CC(=O)Nc1ccc(S(=O)(=O)O)cc1)CC(=O)Nc1ccc(S(=O)(=O)O)cc1. The van der Waals surface area contributed by atoms with Crippen molar-refractivity contribution in [3.8, 4) is 28.2 Å². The van der Waals surface area contributed by atoms with Crippen LogP contribution in [0.3, 0.4) is 0 Å². The maximum atomic E-state index is 13.1. The molecule has 0 radical (unpaired) electrons. The molecule has 0 saturated carbocycles. The summed E-state index contributed by atoms with van der Waals surface area (Å²) in [7, 11) is -8.96. The van der Waals surface area contributed by atoms with Crippen LogP contribution < -0.4 is 32.0 Å². The van der Waals surface area contributed by atoms with Gasteiger partial charge >= 0.3 is 11.9 Å². The first-order valence-electron chi connectivity index (χ1n) is 23.3. The van der Waals surface area contributed by atoms with Crippen molar-refractivity contribution in [2.75, 3.05) is 61.9 Å². The first-order valence-corrected chi connectivity index (χ1v) is 26.6. The highest BCUT2D eigenvalue weighted by atomic mass is 32.2. The number of hydrogen-bond donors (Lipinski definition) is 10. The summed E-state index contributed by atoms with van der Waals surface area (Å²) >= 11 is 5.48. The average Bonchev–Trinajstić information content (AvgIpc) is 3.34. The summed E-state index contributed by atoms with van der Waals surface area (Å²) < 4.78 is 70.1. The van der Waals surface area contributed by atoms with E-state index < -0.39 is 66.9 Å². The number of benzene rings is 5. The number of phenolic OH excluding ortho intramolecular Hbond substituents is 1. The van der Waals surface area contributed by atoms with Gasteiger partial charge in [-0.25, -0.2) is 4.79 Å². The Bertz CT molecular complexity index is 3370. The van der Waals surface area contributed by atoms with Gasteiger partial charge in [0, 0.05) is 71.8 Å². The summed E-state index contributed by atoms with van der Waals surface area (Å²) in [5.41, 5.74) is 2.06. The highest BCUT2D eigenvalue weighted by Crippen LogP contribution is 2.42. The molecule has 0 saturated heterocycles. The van der Waals surface area contributed by atoms with Crippen molar-refractivity contribution in [3.63, 3.8) is 0 Å². The molecule has 2 aliphatic rings. The Kier molecular flexibility index (Phi) is 19.7. The van der Waals surface area contributed by atoms with Crippen molar-refractivity contribution in [2.24, 2.45) is 0 Å². The van der Waals surface area contributed by atoms with E-state index in [1.54, 1.807) is 24.3 Å². The number of aromatic carboxylic acids is 1. The van der Waals surface area contributed by atoms with Crippen molar-refractivity contribution < 1.29 is 69.7 Å². The van der Waals surface area contributed by atoms with E-state index in [-0.39, 0.29) is 83.2 Å². The molecule has 0 fully saturated rings. The lowest BCUT2D eigenvalue weighted by atomic mass is 9.90. The van der Waals surface area contributed by atoms with E-state index in [9.17, 15) is 70.0 Å². The molecule has 0 atom stereocenters. The van der Waals surface area contributed by atoms with Crippen LogP contribution in [0, 0.1) is 0 Å². The number of fused-ring (bicyclic) bond motifs is 2. The van der Waals surface area contributed by atoms with E-state index in [0.29, 0.717) is 47.2 Å². The van der Waals surface area contributed by atoms with Crippen LogP contribution in [-0.2, 0) is 39.4 Å². The Balaban J connectivity index is 0.962. The van der Waals surface area contributed by atoms with E-state index in [2.05, 4.69) is 26.6 Å². The number of carboxylic acids is 2. The van der Waals surface area contributed by atoms with Gasteiger partial charge in [-0.3, -0.25) is 42.9 Å². The lowest BCUT2D eigenvalue weighted by molar-refractivity contribution is -0.138. The smallest absolute Gasteiger partial charge is 0.336 e. The normalized spacial score (nSPS) is 11.6. The van der Waals surface area contributed by atoms with Crippen LogP contribution in [0.2, 0.25) is 0 Å². The molecule has 4 aromatic carbocycles. The zero-order valence-electron chi connectivity index (χ0n) is 40.4. The number of phenols is 1. The van der Waals surface area contributed by atoms with E-state index in [1.807, 2.05) is 0 Å². The molecule has 0 bridgehead atoms. The molecule has 402 valence electrons. The second-order valence-corrected chi connectivity index (χ2v) is 20.5. The highest BCUT2D eigenvalue weighted by Gasteiger charge is 2.24. The third kappa shape index (κ3) is 17.1. The third-order valence-electron chi connectivity index (χ3n) is 11.5. The summed E-state index contributed by atoms with van der Waals surface area (Å²) in [5.74, 6) is -3.89. The number of carbonyl (C=O) groups is 5. The topological polar surface area (TPSA) is 352 Å². The lowest BCUT2D eigenvalue weighted by Gasteiger charge is -2.26. The first kappa shape index (κ1) is 57.4. The monoisotopic (exact) mass is 1100 g/mol. The number of aromatic hydroxyl groups is 1. The number of hydrogen-bond acceptors (Lipinski definition) is 15. The van der Waals surface area contributed by atoms with Gasteiger partial charge in [-0.2, -0.15) is 16.8 Å². The first-order chi connectivity index (χ1) is 36.0. The molecule has 3 amide bonds. The molecule has 1 aliphatic heterocycles. The van der Waals surface area contributed by atoms with Crippen molar-refractivity contribution in [1.29, 1.82) is 0 Å². The number of thiocarbonyl (C=S) groups is 1. The summed E-state index contributed by atoms with van der Waals surface area (Å²) in [6, 6.07) is 22.7. The standard InChI is InChI=1S/C50H53N7O16S3/c58-34-12-19-39-42(25-34)73-43-26-35(59)13-20-40(43)48(39)38-18-11-33(24-41(38)49(65)66)55-50(74)51-21-5-3-1-2-4-6-44(60)52-30-57(28-46(62)54-32-9-16-37(17-10-32)76(70,71)72)23-22-56(29-47(63)64)27-45(61)53-31-7-14-36(15-8-31)75(67,68)69/h7-20,24-26,58H,1-6,21-23,27-30H2,(H,52,60)(H,53,61)(H,54,62)(H,63,64)(H,65,66)(H2,51,55,74)(H,67,68,69)(H,70,71,72). The Labute approximate surface area is 440 Å². The van der Waals surface area contributed by atoms with E-state index >= 15 is 0 Å². The number of nitrogens with one attached hydrogen (secondary N) is 5. The second kappa shape index (κ2) is 26.1. The fraction of sp³-hybridized carbons (Fsp3) is 0.260. The molecule has 4 aromatic rings. The minimum Gasteiger partial charge on any atom is -0.508 e. The second-order valence-electron chi connectivity index (χ2n) is 17.3. The molecular weight excluding hydrogens is 1050 g/mol. The molecule has 1 heterocycles. The van der Waals surface area contributed by atoms with Crippen molar-refractivity contribution in [3.05, 3.63) is 119 Å². The van der Waals surface area contributed by atoms with Gasteiger partial charge in [-0.15, -0.1) is 0 Å². The minimum absolute atomic E-state index is 0.0264. The average molecular weight is 1100 g/mol. The molecule has 0 spiro atoms. The Morgan fingerprint density at radius 1 is 0.592 bits per heavy atom. The summed E-state index contributed by atoms with van der Waals surface area (Å²) in [5, 5.41) is 44.8. The molecular formula is C50H53N7O16S3. The predicted octanol–water partition coefficient (Wildman–Crippen LogP) is 5.13. The van der Waals surface area contributed by atoms with Gasteiger partial charge in [-0.1, -0.05) is 25.3 Å². The van der Waals surface area contributed by atoms with Crippen LogP contribution in [-0.4, -0.2) is 132 Å². The van der Waals surface area contributed by atoms with E-state index in [1.165, 1.54) is 64.4 Å². The predicted molar refractivity (Wildman–Crippen MR) is 284 cm³/mol. The van der Waals surface area contributed by atoms with E-state index in [0.717, 1.165) is 43.5 Å². The number of carboxylic acid groups (broad SMARTS) is 2. The molecule has 0 unspecified atom stereocenters. The Morgan fingerprint density at radius 3 is 1.76 bits per heavy atom. The maximum absolute atomic E-state index is 13.1. The van der Waals surface area contributed by atoms with E-state index in [4.69, 9.17) is 16.6 Å². The van der Waals surface area contributed by atoms with Crippen LogP contribution in [0.1, 0.15) is 48.9 Å². The van der Waals surface area contributed by atoms with Crippen LogP contribution in [0.25, 0.3) is 33.4 Å². The molecule has 0 aromatic heterocycles. The van der Waals surface area contributed by atoms with Gasteiger partial charge in [0.05, 0.1) is 41.7 Å². The fourth-order valence-corrected chi connectivity index (χ4v) is 9.08. The number of rotatable bonds is 26. The zero-order chi connectivity index (χ0) is 55.2. The van der Waals surface area contributed by atoms with Crippen LogP contribution in [0.5, 0.6) is 5.75 Å². The maximum Gasteiger partial charge on any atom is 0.336 e. The number of unbranched alkanes of at least 4 members (excludes halogenated alkanes) is 4. The number of aliphatic carboxylic acids is 1. The lowest BCUT2D eigenvalue weighted by Crippen LogP contribution is -2.47.